The molecular formula is C12H27ClN2O3. The average molecular weight is 283 g/mol. The van der Waals surface area contributed by atoms with Crippen LogP contribution in [0.4, 0.5) is 0 Å². The zero-order valence-electron chi connectivity index (χ0n) is 11.8. The fraction of sp³-hybridized carbons (Fsp3) is 0.917. The molecule has 0 aliphatic carbocycles. The molecule has 0 aromatic heterocycles. The van der Waals surface area contributed by atoms with Gasteiger partial charge in [0.1, 0.15) is 6.61 Å². The molecule has 1 atom stereocenters. The first kappa shape index (κ1) is 20.0. The Morgan fingerprint density at radius 2 is 2.00 bits per heavy atom. The molecule has 0 radical (unpaired) electrons. The SMILES string of the molecule is COCCOCC(=O)NC(C)(CN)CC(C)C.Cl. The van der Waals surface area contributed by atoms with Gasteiger partial charge in [-0.05, 0) is 19.3 Å². The van der Waals surface area contributed by atoms with E-state index in [2.05, 4.69) is 19.2 Å². The molecule has 0 spiro atoms. The summed E-state index contributed by atoms with van der Waals surface area (Å²) in [5.41, 5.74) is 5.35. The van der Waals surface area contributed by atoms with E-state index in [1.165, 1.54) is 0 Å². The molecule has 0 aromatic carbocycles. The van der Waals surface area contributed by atoms with E-state index in [1.807, 2.05) is 6.92 Å². The maximum Gasteiger partial charge on any atom is 0.246 e. The minimum atomic E-state index is -0.351. The molecule has 0 bridgehead atoms. The number of hydrogen-bond donors (Lipinski definition) is 2. The summed E-state index contributed by atoms with van der Waals surface area (Å²) < 4.78 is 9.97. The number of amides is 1. The van der Waals surface area contributed by atoms with Crippen LogP contribution in [-0.2, 0) is 14.3 Å². The largest absolute Gasteiger partial charge is 0.382 e. The highest BCUT2D eigenvalue weighted by molar-refractivity contribution is 5.85. The molecule has 5 nitrogen and oxygen atoms in total. The number of methoxy groups -OCH3 is 1. The van der Waals surface area contributed by atoms with Crippen LogP contribution < -0.4 is 11.1 Å². The topological polar surface area (TPSA) is 73.6 Å². The maximum atomic E-state index is 11.6. The van der Waals surface area contributed by atoms with E-state index in [0.29, 0.717) is 25.7 Å². The molecule has 6 heteroatoms. The third-order valence-electron chi connectivity index (χ3n) is 2.42. The Kier molecular flexibility index (Phi) is 11.7. The molecule has 0 saturated carbocycles. The van der Waals surface area contributed by atoms with Gasteiger partial charge in [0, 0.05) is 19.2 Å². The number of nitrogens with two attached hydrogens (primary N) is 1. The highest BCUT2D eigenvalue weighted by atomic mass is 35.5. The number of ether oxygens (including phenoxy) is 2. The Labute approximate surface area is 116 Å². The zero-order valence-corrected chi connectivity index (χ0v) is 12.6. The van der Waals surface area contributed by atoms with Gasteiger partial charge in [-0.1, -0.05) is 13.8 Å². The predicted octanol–water partition coefficient (Wildman–Crippen LogP) is 0.951. The van der Waals surface area contributed by atoms with Crippen molar-refractivity contribution in [3.8, 4) is 0 Å². The van der Waals surface area contributed by atoms with Crippen molar-refractivity contribution in [1.29, 1.82) is 0 Å². The average Bonchev–Trinajstić information content (AvgIpc) is 2.23. The second kappa shape index (κ2) is 10.6. The van der Waals surface area contributed by atoms with Crippen molar-refractivity contribution in [2.75, 3.05) is 33.5 Å². The molecule has 0 aliphatic rings. The molecule has 18 heavy (non-hydrogen) atoms. The summed E-state index contributed by atoms with van der Waals surface area (Å²) in [5, 5.41) is 2.92. The molecule has 0 heterocycles. The van der Waals surface area contributed by atoms with E-state index in [0.717, 1.165) is 6.42 Å². The monoisotopic (exact) mass is 282 g/mol. The van der Waals surface area contributed by atoms with Crippen molar-refractivity contribution >= 4 is 18.3 Å². The fourth-order valence-electron chi connectivity index (χ4n) is 1.77. The second-order valence-electron chi connectivity index (χ2n) is 4.96. The van der Waals surface area contributed by atoms with Crippen LogP contribution >= 0.6 is 12.4 Å². The molecule has 0 aliphatic heterocycles. The quantitative estimate of drug-likeness (QED) is 0.618. The van der Waals surface area contributed by atoms with Crippen molar-refractivity contribution in [1.82, 2.24) is 5.32 Å². The summed E-state index contributed by atoms with van der Waals surface area (Å²) in [7, 11) is 1.59. The van der Waals surface area contributed by atoms with Gasteiger partial charge in [0.25, 0.3) is 0 Å². The summed E-state index contributed by atoms with van der Waals surface area (Å²) >= 11 is 0. The van der Waals surface area contributed by atoms with Gasteiger partial charge in [-0.3, -0.25) is 4.79 Å². The lowest BCUT2D eigenvalue weighted by Gasteiger charge is -2.31. The molecule has 1 amide bonds. The van der Waals surface area contributed by atoms with Crippen LogP contribution in [0.5, 0.6) is 0 Å². The molecule has 1 unspecified atom stereocenters. The zero-order chi connectivity index (χ0) is 13.3. The normalized spacial score (nSPS) is 13.9. The van der Waals surface area contributed by atoms with Gasteiger partial charge in [-0.25, -0.2) is 0 Å². The van der Waals surface area contributed by atoms with Crippen molar-refractivity contribution in [2.45, 2.75) is 32.7 Å². The summed E-state index contributed by atoms with van der Waals surface area (Å²) in [5.74, 6) is 0.355. The van der Waals surface area contributed by atoms with Crippen LogP contribution in [0.3, 0.4) is 0 Å². The summed E-state index contributed by atoms with van der Waals surface area (Å²) in [6, 6.07) is 0. The van der Waals surface area contributed by atoms with E-state index < -0.39 is 0 Å². The van der Waals surface area contributed by atoms with Crippen molar-refractivity contribution in [2.24, 2.45) is 11.7 Å². The first-order valence-electron chi connectivity index (χ1n) is 6.01. The van der Waals surface area contributed by atoms with E-state index in [-0.39, 0.29) is 30.5 Å². The fourth-order valence-corrected chi connectivity index (χ4v) is 1.77. The Morgan fingerprint density at radius 1 is 1.39 bits per heavy atom. The van der Waals surface area contributed by atoms with Gasteiger partial charge in [0.05, 0.1) is 13.2 Å². The Morgan fingerprint density at radius 3 is 2.44 bits per heavy atom. The third-order valence-corrected chi connectivity index (χ3v) is 2.42. The summed E-state index contributed by atoms with van der Waals surface area (Å²) in [4.78, 5) is 11.6. The molecule has 3 N–H and O–H groups in total. The van der Waals surface area contributed by atoms with Crippen LogP contribution in [-0.4, -0.2) is 44.9 Å². The van der Waals surface area contributed by atoms with Crippen LogP contribution in [0, 0.1) is 5.92 Å². The number of rotatable bonds is 9. The molecule has 110 valence electrons. The van der Waals surface area contributed by atoms with Gasteiger partial charge in [-0.15, -0.1) is 12.4 Å². The Bertz CT molecular complexity index is 227. The number of hydrogen-bond acceptors (Lipinski definition) is 4. The standard InChI is InChI=1S/C12H26N2O3.ClH/c1-10(2)7-12(3,9-13)14-11(15)8-17-6-5-16-4;/h10H,5-9,13H2,1-4H3,(H,14,15);1H. The van der Waals surface area contributed by atoms with E-state index in [1.54, 1.807) is 7.11 Å². The van der Waals surface area contributed by atoms with Crippen LogP contribution in [0.1, 0.15) is 27.2 Å². The molecule has 0 fully saturated rings. The summed E-state index contributed by atoms with van der Waals surface area (Å²) in [6.07, 6.45) is 0.854. The van der Waals surface area contributed by atoms with Gasteiger partial charge in [-0.2, -0.15) is 0 Å². The first-order chi connectivity index (χ1) is 7.93. The number of halogens is 1. The summed E-state index contributed by atoms with van der Waals surface area (Å²) in [6.45, 7) is 7.57. The molecule has 0 aromatic rings. The Hall–Kier alpha value is -0.360. The highest BCUT2D eigenvalue weighted by Gasteiger charge is 2.25. The van der Waals surface area contributed by atoms with Crippen LogP contribution in [0.25, 0.3) is 0 Å². The smallest absolute Gasteiger partial charge is 0.246 e. The lowest BCUT2D eigenvalue weighted by atomic mass is 9.91. The lowest BCUT2D eigenvalue weighted by Crippen LogP contribution is -2.53. The van der Waals surface area contributed by atoms with E-state index >= 15 is 0 Å². The number of carbonyl (C=O) groups is 1. The molecule has 0 saturated heterocycles. The van der Waals surface area contributed by atoms with Gasteiger partial charge in [0.2, 0.25) is 5.91 Å². The molecule has 0 rings (SSSR count). The van der Waals surface area contributed by atoms with Gasteiger partial charge < -0.3 is 20.5 Å². The van der Waals surface area contributed by atoms with Crippen LogP contribution in [0.2, 0.25) is 0 Å². The van der Waals surface area contributed by atoms with Gasteiger partial charge in [0.15, 0.2) is 0 Å². The number of carbonyl (C=O) groups excluding carboxylic acids is 1. The van der Waals surface area contributed by atoms with E-state index in [4.69, 9.17) is 15.2 Å². The number of nitrogens with one attached hydrogen (secondary N) is 1. The van der Waals surface area contributed by atoms with E-state index in [9.17, 15) is 4.79 Å². The predicted molar refractivity (Wildman–Crippen MR) is 75.0 cm³/mol. The maximum absolute atomic E-state index is 11.6. The second-order valence-corrected chi connectivity index (χ2v) is 4.96. The lowest BCUT2D eigenvalue weighted by molar-refractivity contribution is -0.128. The highest BCUT2D eigenvalue weighted by Crippen LogP contribution is 2.14. The van der Waals surface area contributed by atoms with Crippen LogP contribution in [0.15, 0.2) is 0 Å². The van der Waals surface area contributed by atoms with Crippen molar-refractivity contribution in [3.63, 3.8) is 0 Å². The minimum Gasteiger partial charge on any atom is -0.382 e. The molecular weight excluding hydrogens is 256 g/mol. The van der Waals surface area contributed by atoms with Gasteiger partial charge >= 0.3 is 0 Å². The first-order valence-corrected chi connectivity index (χ1v) is 6.01. The van der Waals surface area contributed by atoms with Crippen molar-refractivity contribution < 1.29 is 14.3 Å². The van der Waals surface area contributed by atoms with Crippen molar-refractivity contribution in [3.05, 3.63) is 0 Å². The minimum absolute atomic E-state index is 0. The Balaban J connectivity index is 0. The third kappa shape index (κ3) is 9.65.